The van der Waals surface area contributed by atoms with E-state index in [-0.39, 0.29) is 17.4 Å². The quantitative estimate of drug-likeness (QED) is 0.314. The zero-order valence-corrected chi connectivity index (χ0v) is 10.3. The highest BCUT2D eigenvalue weighted by Gasteiger charge is 2.23. The number of nitrogens with one attached hydrogen (secondary N) is 1. The van der Waals surface area contributed by atoms with Crippen LogP contribution in [-0.4, -0.2) is 21.5 Å². The van der Waals surface area contributed by atoms with Gasteiger partial charge in [0.15, 0.2) is 0 Å². The average Bonchev–Trinajstić information content (AvgIpc) is 2.37. The van der Waals surface area contributed by atoms with Crippen molar-refractivity contribution in [2.45, 2.75) is 32.6 Å². The summed E-state index contributed by atoms with van der Waals surface area (Å²) >= 11 is 0. The van der Waals surface area contributed by atoms with Gasteiger partial charge in [-0.3, -0.25) is 10.1 Å². The summed E-state index contributed by atoms with van der Waals surface area (Å²) in [5.41, 5.74) is 1.82. The Hall–Kier alpha value is -1.96. The Balaban J connectivity index is 2.67. The Morgan fingerprint density at radius 2 is 2.22 bits per heavy atom. The minimum Gasteiger partial charge on any atom is -0.473 e. The van der Waals surface area contributed by atoms with Crippen LogP contribution in [0.15, 0.2) is 6.33 Å². The number of hydrogen-bond acceptors (Lipinski definition) is 7. The molecule has 0 aliphatic heterocycles. The van der Waals surface area contributed by atoms with Gasteiger partial charge in [0, 0.05) is 0 Å². The number of nitro groups is 1. The molecule has 0 aliphatic carbocycles. The lowest BCUT2D eigenvalue weighted by atomic mass is 10.2. The van der Waals surface area contributed by atoms with Crippen LogP contribution in [0.5, 0.6) is 5.88 Å². The van der Waals surface area contributed by atoms with Crippen molar-refractivity contribution in [3.05, 3.63) is 16.4 Å². The number of aromatic nitrogens is 2. The molecule has 0 amide bonds. The predicted molar refractivity (Wildman–Crippen MR) is 66.1 cm³/mol. The van der Waals surface area contributed by atoms with Crippen molar-refractivity contribution in [1.82, 2.24) is 9.97 Å². The molecular weight excluding hydrogens is 238 g/mol. The van der Waals surface area contributed by atoms with Crippen molar-refractivity contribution in [2.24, 2.45) is 5.84 Å². The van der Waals surface area contributed by atoms with E-state index in [1.165, 1.54) is 6.33 Å². The Labute approximate surface area is 105 Å². The largest absolute Gasteiger partial charge is 0.473 e. The fourth-order valence-electron chi connectivity index (χ4n) is 1.44. The summed E-state index contributed by atoms with van der Waals surface area (Å²) in [5, 5.41) is 10.9. The lowest BCUT2D eigenvalue weighted by Gasteiger charge is -2.07. The van der Waals surface area contributed by atoms with Crippen LogP contribution < -0.4 is 16.0 Å². The molecule has 0 atom stereocenters. The number of unbranched alkanes of at least 4 members (excludes halogenated alkanes) is 3. The normalized spacial score (nSPS) is 10.1. The molecule has 0 bridgehead atoms. The smallest absolute Gasteiger partial charge is 0.374 e. The van der Waals surface area contributed by atoms with Crippen molar-refractivity contribution in [2.75, 3.05) is 12.0 Å². The molecule has 0 saturated carbocycles. The first-order valence-electron chi connectivity index (χ1n) is 5.79. The zero-order chi connectivity index (χ0) is 13.4. The van der Waals surface area contributed by atoms with Crippen LogP contribution in [0.3, 0.4) is 0 Å². The van der Waals surface area contributed by atoms with Crippen LogP contribution in [0.25, 0.3) is 0 Å². The van der Waals surface area contributed by atoms with Gasteiger partial charge in [-0.15, -0.1) is 0 Å². The van der Waals surface area contributed by atoms with Gasteiger partial charge >= 0.3 is 5.69 Å². The highest BCUT2D eigenvalue weighted by atomic mass is 16.6. The van der Waals surface area contributed by atoms with Gasteiger partial charge in [-0.2, -0.15) is 4.98 Å². The van der Waals surface area contributed by atoms with Gasteiger partial charge in [0.1, 0.15) is 6.33 Å². The molecular formula is C10H17N5O3. The first-order chi connectivity index (χ1) is 8.70. The van der Waals surface area contributed by atoms with Crippen molar-refractivity contribution in [3.8, 4) is 5.88 Å². The summed E-state index contributed by atoms with van der Waals surface area (Å²) in [4.78, 5) is 17.7. The summed E-state index contributed by atoms with van der Waals surface area (Å²) in [6, 6.07) is 0. The van der Waals surface area contributed by atoms with E-state index in [9.17, 15) is 10.1 Å². The fourth-order valence-corrected chi connectivity index (χ4v) is 1.44. The minimum atomic E-state index is -0.615. The molecule has 1 aromatic rings. The van der Waals surface area contributed by atoms with E-state index < -0.39 is 4.92 Å². The molecule has 0 spiro atoms. The molecule has 8 nitrogen and oxygen atoms in total. The highest BCUT2D eigenvalue weighted by molar-refractivity contribution is 5.60. The summed E-state index contributed by atoms with van der Waals surface area (Å²) in [7, 11) is 0. The van der Waals surface area contributed by atoms with E-state index in [0.717, 1.165) is 25.7 Å². The summed E-state index contributed by atoms with van der Waals surface area (Å²) < 4.78 is 5.30. The Kier molecular flexibility index (Phi) is 5.78. The Morgan fingerprint density at radius 1 is 1.44 bits per heavy atom. The van der Waals surface area contributed by atoms with E-state index in [4.69, 9.17) is 10.6 Å². The number of hydrazine groups is 1. The summed E-state index contributed by atoms with van der Waals surface area (Å²) in [6.45, 7) is 2.50. The van der Waals surface area contributed by atoms with E-state index in [1.54, 1.807) is 0 Å². The molecule has 1 heterocycles. The average molecular weight is 255 g/mol. The second-order valence-corrected chi connectivity index (χ2v) is 3.69. The van der Waals surface area contributed by atoms with Gasteiger partial charge < -0.3 is 10.2 Å². The van der Waals surface area contributed by atoms with Crippen LogP contribution in [-0.2, 0) is 0 Å². The summed E-state index contributed by atoms with van der Waals surface area (Å²) in [5.74, 6) is 5.04. The molecule has 0 saturated heterocycles. The number of anilines is 1. The standard InChI is InChI=1S/C10H17N5O3/c1-2-3-4-5-6-18-10-8(15(16)17)9(14-11)12-7-13-10/h7H,2-6,11H2,1H3,(H,12,13,14). The minimum absolute atomic E-state index is 0.0561. The monoisotopic (exact) mass is 255 g/mol. The molecule has 100 valence electrons. The first-order valence-corrected chi connectivity index (χ1v) is 5.79. The highest BCUT2D eigenvalue weighted by Crippen LogP contribution is 2.30. The SMILES string of the molecule is CCCCCCOc1ncnc(NN)c1[N+](=O)[O-]. The number of nitrogens with zero attached hydrogens (tertiary/aromatic N) is 3. The maximum atomic E-state index is 10.9. The molecule has 0 aromatic carbocycles. The van der Waals surface area contributed by atoms with Crippen LogP contribution in [0.4, 0.5) is 11.5 Å². The van der Waals surface area contributed by atoms with E-state index in [2.05, 4.69) is 22.3 Å². The second-order valence-electron chi connectivity index (χ2n) is 3.69. The van der Waals surface area contributed by atoms with Gasteiger partial charge in [-0.25, -0.2) is 10.8 Å². The lowest BCUT2D eigenvalue weighted by molar-refractivity contribution is -0.385. The van der Waals surface area contributed by atoms with E-state index in [0.29, 0.717) is 6.61 Å². The van der Waals surface area contributed by atoms with Crippen LogP contribution in [0.2, 0.25) is 0 Å². The van der Waals surface area contributed by atoms with Crippen molar-refractivity contribution < 1.29 is 9.66 Å². The number of ether oxygens (including phenoxy) is 1. The fraction of sp³-hybridized carbons (Fsp3) is 0.600. The van der Waals surface area contributed by atoms with Gasteiger partial charge in [0.2, 0.25) is 5.82 Å². The molecule has 0 aliphatic rings. The predicted octanol–water partition coefficient (Wildman–Crippen LogP) is 1.63. The maximum Gasteiger partial charge on any atom is 0.374 e. The van der Waals surface area contributed by atoms with Crippen molar-refractivity contribution in [1.29, 1.82) is 0 Å². The molecule has 18 heavy (non-hydrogen) atoms. The third-order valence-electron chi connectivity index (χ3n) is 2.34. The molecule has 1 rings (SSSR count). The molecule has 0 fully saturated rings. The molecule has 3 N–H and O–H groups in total. The van der Waals surface area contributed by atoms with Gasteiger partial charge in [-0.05, 0) is 6.42 Å². The number of rotatable bonds is 8. The third kappa shape index (κ3) is 3.81. The zero-order valence-electron chi connectivity index (χ0n) is 10.3. The molecule has 0 unspecified atom stereocenters. The Morgan fingerprint density at radius 3 is 2.83 bits per heavy atom. The van der Waals surface area contributed by atoms with Crippen LogP contribution in [0, 0.1) is 10.1 Å². The Bertz CT molecular complexity index is 399. The molecule has 8 heteroatoms. The number of nitrogens with two attached hydrogens (primary N) is 1. The summed E-state index contributed by atoms with van der Waals surface area (Å²) in [6.07, 6.45) is 5.26. The topological polar surface area (TPSA) is 116 Å². The third-order valence-corrected chi connectivity index (χ3v) is 2.34. The number of hydrogen-bond donors (Lipinski definition) is 2. The number of nitrogen functional groups attached to an aromatic ring is 1. The van der Waals surface area contributed by atoms with E-state index in [1.807, 2.05) is 0 Å². The van der Waals surface area contributed by atoms with Gasteiger partial charge in [-0.1, -0.05) is 26.2 Å². The maximum absolute atomic E-state index is 10.9. The lowest BCUT2D eigenvalue weighted by Crippen LogP contribution is -2.13. The van der Waals surface area contributed by atoms with E-state index >= 15 is 0 Å². The first kappa shape index (κ1) is 14.1. The van der Waals surface area contributed by atoms with Crippen LogP contribution in [0.1, 0.15) is 32.6 Å². The van der Waals surface area contributed by atoms with Crippen LogP contribution >= 0.6 is 0 Å². The van der Waals surface area contributed by atoms with Gasteiger partial charge in [0.25, 0.3) is 5.88 Å². The second kappa shape index (κ2) is 7.38. The molecule has 0 radical (unpaired) electrons. The van der Waals surface area contributed by atoms with Crippen molar-refractivity contribution in [3.63, 3.8) is 0 Å². The molecule has 1 aromatic heterocycles. The van der Waals surface area contributed by atoms with Gasteiger partial charge in [0.05, 0.1) is 11.5 Å². The van der Waals surface area contributed by atoms with Crippen molar-refractivity contribution >= 4 is 11.5 Å².